The Morgan fingerprint density at radius 3 is 2.48 bits per heavy atom. The maximum atomic E-state index is 13.0. The number of anilines is 2. The average Bonchev–Trinajstić information content (AvgIpc) is 3.69. The summed E-state index contributed by atoms with van der Waals surface area (Å²) in [6.07, 6.45) is 12.9. The SMILES string of the molecule is Cc1ccnc(NC(=O)c2ccc(-c3nc(C45CCC(NC(=O)c6cccnc6)(CC4)C5)n4ccnc(N)c34)cc2)c1. The van der Waals surface area contributed by atoms with Crippen LogP contribution in [0.1, 0.15) is 64.2 Å². The molecule has 10 nitrogen and oxygen atoms in total. The number of fused-ring (bicyclic) bond motifs is 3. The van der Waals surface area contributed by atoms with E-state index in [1.54, 1.807) is 49.1 Å². The molecule has 2 bridgehead atoms. The second-order valence-electron chi connectivity index (χ2n) is 11.5. The van der Waals surface area contributed by atoms with Gasteiger partial charge in [-0.1, -0.05) is 12.1 Å². The lowest BCUT2D eigenvalue weighted by atomic mass is 9.83. The van der Waals surface area contributed by atoms with Crippen molar-refractivity contribution in [1.82, 2.24) is 29.7 Å². The Morgan fingerprint density at radius 1 is 0.929 bits per heavy atom. The largest absolute Gasteiger partial charge is 0.382 e. The van der Waals surface area contributed by atoms with E-state index in [9.17, 15) is 9.59 Å². The minimum atomic E-state index is -0.279. The van der Waals surface area contributed by atoms with Gasteiger partial charge in [0.15, 0.2) is 0 Å². The molecule has 0 radical (unpaired) electrons. The molecule has 42 heavy (non-hydrogen) atoms. The van der Waals surface area contributed by atoms with Crippen molar-refractivity contribution in [1.29, 1.82) is 0 Å². The van der Waals surface area contributed by atoms with Crippen molar-refractivity contribution >= 4 is 29.0 Å². The molecule has 2 aliphatic carbocycles. The molecule has 210 valence electrons. The maximum absolute atomic E-state index is 13.0. The van der Waals surface area contributed by atoms with Crippen molar-refractivity contribution in [2.45, 2.75) is 50.0 Å². The summed E-state index contributed by atoms with van der Waals surface area (Å²) < 4.78 is 2.06. The smallest absolute Gasteiger partial charge is 0.256 e. The number of carbonyl (C=O) groups is 2. The van der Waals surface area contributed by atoms with E-state index in [4.69, 9.17) is 10.7 Å². The van der Waals surface area contributed by atoms with Crippen molar-refractivity contribution < 1.29 is 9.59 Å². The Morgan fingerprint density at radius 2 is 1.74 bits per heavy atom. The van der Waals surface area contributed by atoms with E-state index >= 15 is 0 Å². The third-order valence-corrected chi connectivity index (χ3v) is 8.78. The van der Waals surface area contributed by atoms with Gasteiger partial charge in [0.1, 0.15) is 28.7 Å². The summed E-state index contributed by atoms with van der Waals surface area (Å²) in [5, 5.41) is 6.18. The van der Waals surface area contributed by atoms with Crippen LogP contribution in [0, 0.1) is 6.92 Å². The Labute approximate surface area is 242 Å². The Kier molecular flexibility index (Phi) is 6.00. The standard InChI is InChI=1S/C32H30N8O2/c1-20-8-14-35-24(17-20)37-28(41)22-6-4-21(5-7-22)25-26-27(33)36-15-16-40(26)30(38-25)31-9-11-32(19-31,12-10-31)39-29(42)23-3-2-13-34-18-23/h2-8,13-18H,9-12,19H2,1H3,(H2,33,36)(H,39,42)(H,35,37,41). The van der Waals surface area contributed by atoms with Crippen LogP contribution in [0.4, 0.5) is 11.6 Å². The fourth-order valence-electron chi connectivity index (χ4n) is 6.70. The van der Waals surface area contributed by atoms with Gasteiger partial charge in [-0.25, -0.2) is 15.0 Å². The molecule has 2 saturated carbocycles. The lowest BCUT2D eigenvalue weighted by Gasteiger charge is -2.28. The van der Waals surface area contributed by atoms with E-state index in [2.05, 4.69) is 30.0 Å². The number of rotatable bonds is 6. The molecule has 0 atom stereocenters. The first-order chi connectivity index (χ1) is 20.3. The van der Waals surface area contributed by atoms with E-state index in [0.717, 1.165) is 60.3 Å². The van der Waals surface area contributed by atoms with E-state index in [-0.39, 0.29) is 22.8 Å². The highest BCUT2D eigenvalue weighted by Crippen LogP contribution is 2.57. The van der Waals surface area contributed by atoms with Gasteiger partial charge in [0.05, 0.1) is 5.56 Å². The number of pyridine rings is 2. The van der Waals surface area contributed by atoms with Crippen LogP contribution >= 0.6 is 0 Å². The summed E-state index contributed by atoms with van der Waals surface area (Å²) in [7, 11) is 0. The fourth-order valence-corrected chi connectivity index (χ4v) is 6.70. The minimum absolute atomic E-state index is 0.0924. The van der Waals surface area contributed by atoms with Crippen molar-refractivity contribution in [3.8, 4) is 11.3 Å². The van der Waals surface area contributed by atoms with E-state index in [1.807, 2.05) is 37.4 Å². The third-order valence-electron chi connectivity index (χ3n) is 8.78. The zero-order valence-corrected chi connectivity index (χ0v) is 23.2. The van der Waals surface area contributed by atoms with Crippen LogP contribution in [0.25, 0.3) is 16.8 Å². The molecule has 5 aromatic rings. The summed E-state index contributed by atoms with van der Waals surface area (Å²) in [4.78, 5) is 43.8. The highest BCUT2D eigenvalue weighted by atomic mass is 16.2. The molecule has 10 heteroatoms. The summed E-state index contributed by atoms with van der Waals surface area (Å²) >= 11 is 0. The van der Waals surface area contributed by atoms with Gasteiger partial charge in [0, 0.05) is 53.1 Å². The quantitative estimate of drug-likeness (QED) is 0.274. The molecular formula is C32H30N8O2. The van der Waals surface area contributed by atoms with Gasteiger partial charge in [-0.05, 0) is 81.0 Å². The summed E-state index contributed by atoms with van der Waals surface area (Å²) in [5.41, 5.74) is 10.3. The first-order valence-corrected chi connectivity index (χ1v) is 14.0. The lowest BCUT2D eigenvalue weighted by Crippen LogP contribution is -2.45. The molecule has 4 heterocycles. The number of amides is 2. The van der Waals surface area contributed by atoms with Crippen molar-refractivity contribution in [3.05, 3.63) is 102 Å². The van der Waals surface area contributed by atoms with Gasteiger partial charge in [-0.3, -0.25) is 19.0 Å². The molecule has 2 amide bonds. The highest BCUT2D eigenvalue weighted by Gasteiger charge is 2.57. The van der Waals surface area contributed by atoms with E-state index in [1.165, 1.54) is 0 Å². The average molecular weight is 559 g/mol. The normalized spacial score (nSPS) is 21.0. The number of nitrogen functional groups attached to an aromatic ring is 1. The Bertz CT molecular complexity index is 1820. The van der Waals surface area contributed by atoms with Gasteiger partial charge in [0.25, 0.3) is 11.8 Å². The number of imidazole rings is 1. The van der Waals surface area contributed by atoms with E-state index < -0.39 is 0 Å². The Hall–Kier alpha value is -5.12. The minimum Gasteiger partial charge on any atom is -0.382 e. The van der Waals surface area contributed by atoms with Crippen molar-refractivity contribution in [2.24, 2.45) is 0 Å². The van der Waals surface area contributed by atoms with Gasteiger partial charge in [-0.2, -0.15) is 0 Å². The van der Waals surface area contributed by atoms with Crippen LogP contribution in [-0.4, -0.2) is 41.7 Å². The molecule has 0 saturated heterocycles. The number of carbonyl (C=O) groups excluding carboxylic acids is 2. The van der Waals surface area contributed by atoms with Gasteiger partial charge in [0.2, 0.25) is 0 Å². The number of hydrogen-bond donors (Lipinski definition) is 3. The van der Waals surface area contributed by atoms with Crippen LogP contribution in [0.3, 0.4) is 0 Å². The summed E-state index contributed by atoms with van der Waals surface area (Å²) in [6.45, 7) is 1.95. The zero-order valence-electron chi connectivity index (χ0n) is 23.2. The topological polar surface area (TPSA) is 140 Å². The number of nitrogens with two attached hydrogens (primary N) is 1. The van der Waals surface area contributed by atoms with E-state index in [0.29, 0.717) is 22.8 Å². The van der Waals surface area contributed by atoms with Crippen LogP contribution in [0.5, 0.6) is 0 Å². The second kappa shape index (κ2) is 9.76. The number of nitrogens with zero attached hydrogens (tertiary/aromatic N) is 5. The van der Waals surface area contributed by atoms with Crippen molar-refractivity contribution in [2.75, 3.05) is 11.1 Å². The number of aryl methyl sites for hydroxylation is 1. The predicted molar refractivity (Wildman–Crippen MR) is 159 cm³/mol. The number of aromatic nitrogens is 5. The lowest BCUT2D eigenvalue weighted by molar-refractivity contribution is 0.0900. The van der Waals surface area contributed by atoms with Crippen LogP contribution < -0.4 is 16.4 Å². The van der Waals surface area contributed by atoms with Crippen LogP contribution in [0.15, 0.2) is 79.5 Å². The molecule has 2 aliphatic rings. The number of benzene rings is 1. The Balaban J connectivity index is 1.19. The van der Waals surface area contributed by atoms with Crippen molar-refractivity contribution in [3.63, 3.8) is 0 Å². The molecule has 4 N–H and O–H groups in total. The molecule has 2 fully saturated rings. The van der Waals surface area contributed by atoms with Crippen LogP contribution in [-0.2, 0) is 5.41 Å². The second-order valence-corrected chi connectivity index (χ2v) is 11.5. The monoisotopic (exact) mass is 558 g/mol. The summed E-state index contributed by atoms with van der Waals surface area (Å²) in [6, 6.07) is 14.6. The molecule has 7 rings (SSSR count). The molecule has 1 aromatic carbocycles. The maximum Gasteiger partial charge on any atom is 0.256 e. The molecule has 4 aromatic heterocycles. The molecule has 0 spiro atoms. The predicted octanol–water partition coefficient (Wildman–Crippen LogP) is 4.71. The van der Waals surface area contributed by atoms with Gasteiger partial charge in [-0.15, -0.1) is 0 Å². The molecular weight excluding hydrogens is 528 g/mol. The molecule has 0 unspecified atom stereocenters. The number of nitrogens with one attached hydrogen (secondary N) is 2. The first kappa shape index (κ1) is 25.8. The number of hydrogen-bond acceptors (Lipinski definition) is 7. The van der Waals surface area contributed by atoms with Gasteiger partial charge < -0.3 is 16.4 Å². The zero-order chi connectivity index (χ0) is 28.9. The fraction of sp³-hybridized carbons (Fsp3) is 0.250. The van der Waals surface area contributed by atoms with Gasteiger partial charge >= 0.3 is 0 Å². The van der Waals surface area contributed by atoms with Crippen LogP contribution in [0.2, 0.25) is 0 Å². The molecule has 0 aliphatic heterocycles. The summed E-state index contributed by atoms with van der Waals surface area (Å²) in [5.74, 6) is 1.50. The third kappa shape index (κ3) is 4.36. The first-order valence-electron chi connectivity index (χ1n) is 14.0. The highest BCUT2D eigenvalue weighted by molar-refractivity contribution is 6.04.